The number of unbranched alkanes of at least 4 members (excludes halogenated alkanes) is 1. The summed E-state index contributed by atoms with van der Waals surface area (Å²) >= 11 is 0. The first-order chi connectivity index (χ1) is 6.29. The summed E-state index contributed by atoms with van der Waals surface area (Å²) in [5.41, 5.74) is 0. The highest BCUT2D eigenvalue weighted by molar-refractivity contribution is 4.97. The summed E-state index contributed by atoms with van der Waals surface area (Å²) in [5.74, 6) is -0.382. The molecule has 0 aliphatic carbocycles. The molecule has 2 unspecified atom stereocenters. The van der Waals surface area contributed by atoms with Gasteiger partial charge in [0.2, 0.25) is 0 Å². The number of nitriles is 3. The van der Waals surface area contributed by atoms with Gasteiger partial charge in [-0.05, 0) is 19.3 Å². The zero-order valence-corrected chi connectivity index (χ0v) is 7.82. The molecule has 0 rings (SSSR count). The van der Waals surface area contributed by atoms with Gasteiger partial charge in [0.15, 0.2) is 0 Å². The van der Waals surface area contributed by atoms with Crippen LogP contribution in [0.3, 0.4) is 0 Å². The van der Waals surface area contributed by atoms with Crippen LogP contribution in [-0.4, -0.2) is 0 Å². The Bertz CT molecular complexity index is 251. The lowest BCUT2D eigenvalue weighted by Crippen LogP contribution is -2.10. The van der Waals surface area contributed by atoms with E-state index >= 15 is 0 Å². The molecule has 13 heavy (non-hydrogen) atoms. The van der Waals surface area contributed by atoms with E-state index in [1.54, 1.807) is 0 Å². The van der Waals surface area contributed by atoms with Gasteiger partial charge in [0.1, 0.15) is 0 Å². The highest BCUT2D eigenvalue weighted by Crippen LogP contribution is 2.20. The maximum Gasteiger partial charge on any atom is 0.0669 e. The van der Waals surface area contributed by atoms with Crippen molar-refractivity contribution < 1.29 is 0 Å². The molecule has 0 aromatic rings. The fourth-order valence-corrected chi connectivity index (χ4v) is 1.22. The minimum Gasteiger partial charge on any atom is -0.198 e. The molecule has 0 saturated heterocycles. The molecule has 0 aromatic carbocycles. The van der Waals surface area contributed by atoms with Crippen LogP contribution >= 0.6 is 0 Å². The van der Waals surface area contributed by atoms with Gasteiger partial charge in [-0.1, -0.05) is 6.92 Å². The van der Waals surface area contributed by atoms with Crippen molar-refractivity contribution in [3.8, 4) is 18.2 Å². The molecule has 0 heterocycles. The summed E-state index contributed by atoms with van der Waals surface area (Å²) in [7, 11) is 0. The second-order valence-electron chi connectivity index (χ2n) is 2.93. The average molecular weight is 175 g/mol. The van der Waals surface area contributed by atoms with E-state index in [1.807, 2.05) is 13.0 Å². The molecule has 0 spiro atoms. The van der Waals surface area contributed by atoms with Gasteiger partial charge in [0.25, 0.3) is 0 Å². The van der Waals surface area contributed by atoms with Gasteiger partial charge in [-0.25, -0.2) is 0 Å². The van der Waals surface area contributed by atoms with Gasteiger partial charge in [-0.3, -0.25) is 0 Å². The Morgan fingerprint density at radius 1 is 1.08 bits per heavy atom. The molecule has 0 N–H and O–H groups in total. The summed E-state index contributed by atoms with van der Waals surface area (Å²) < 4.78 is 0. The molecule has 0 aromatic heterocycles. The first-order valence-electron chi connectivity index (χ1n) is 4.46. The van der Waals surface area contributed by atoms with Crippen molar-refractivity contribution in [2.75, 3.05) is 0 Å². The van der Waals surface area contributed by atoms with Crippen LogP contribution in [0.25, 0.3) is 0 Å². The Morgan fingerprint density at radius 3 is 2.08 bits per heavy atom. The Morgan fingerprint density at radius 2 is 1.69 bits per heavy atom. The lowest BCUT2D eigenvalue weighted by molar-refractivity contribution is 0.443. The van der Waals surface area contributed by atoms with E-state index in [9.17, 15) is 0 Å². The second kappa shape index (κ2) is 7.14. The van der Waals surface area contributed by atoms with Crippen LogP contribution in [-0.2, 0) is 0 Å². The van der Waals surface area contributed by atoms with Crippen molar-refractivity contribution >= 4 is 0 Å². The molecule has 68 valence electrons. The first-order valence-corrected chi connectivity index (χ1v) is 4.46. The van der Waals surface area contributed by atoms with E-state index < -0.39 is 0 Å². The molecule has 3 nitrogen and oxygen atoms in total. The highest BCUT2D eigenvalue weighted by Gasteiger charge is 2.18. The topological polar surface area (TPSA) is 71.4 Å². The number of hydrogen-bond donors (Lipinski definition) is 0. The summed E-state index contributed by atoms with van der Waals surface area (Å²) in [5, 5.41) is 25.8. The van der Waals surface area contributed by atoms with E-state index in [0.717, 1.165) is 0 Å². The van der Waals surface area contributed by atoms with Crippen molar-refractivity contribution in [1.29, 1.82) is 15.8 Å². The zero-order valence-electron chi connectivity index (χ0n) is 7.82. The average Bonchev–Trinajstić information content (AvgIpc) is 2.17. The molecule has 0 saturated carbocycles. The third-order valence-electron chi connectivity index (χ3n) is 2.06. The smallest absolute Gasteiger partial charge is 0.0669 e. The molecule has 0 fully saturated rings. The van der Waals surface area contributed by atoms with E-state index in [0.29, 0.717) is 25.7 Å². The van der Waals surface area contributed by atoms with Crippen LogP contribution < -0.4 is 0 Å². The van der Waals surface area contributed by atoms with E-state index in [4.69, 9.17) is 15.8 Å². The molecule has 3 heteroatoms. The van der Waals surface area contributed by atoms with Crippen LogP contribution in [0.15, 0.2) is 0 Å². The molecule has 0 radical (unpaired) electrons. The third kappa shape index (κ3) is 4.14. The highest BCUT2D eigenvalue weighted by atomic mass is 14.3. The van der Waals surface area contributed by atoms with Gasteiger partial charge in [-0.2, -0.15) is 15.8 Å². The minimum absolute atomic E-state index is 0.177. The largest absolute Gasteiger partial charge is 0.198 e. The Hall–Kier alpha value is -1.53. The van der Waals surface area contributed by atoms with Crippen LogP contribution in [0.5, 0.6) is 0 Å². The van der Waals surface area contributed by atoms with Crippen LogP contribution in [0.1, 0.15) is 32.6 Å². The summed E-state index contributed by atoms with van der Waals surface area (Å²) in [4.78, 5) is 0. The lowest BCUT2D eigenvalue weighted by atomic mass is 9.88. The maximum atomic E-state index is 8.77. The van der Waals surface area contributed by atoms with E-state index in [1.165, 1.54) is 0 Å². The number of nitrogens with zero attached hydrogens (tertiary/aromatic N) is 3. The number of hydrogen-bond acceptors (Lipinski definition) is 3. The summed E-state index contributed by atoms with van der Waals surface area (Å²) in [6.07, 6.45) is 2.56. The molecule has 2 atom stereocenters. The third-order valence-corrected chi connectivity index (χ3v) is 2.06. The molecule has 0 amide bonds. The molecular formula is C10H13N3. The Labute approximate surface area is 79.2 Å². The van der Waals surface area contributed by atoms with E-state index in [-0.39, 0.29) is 11.8 Å². The minimum atomic E-state index is -0.205. The molecule has 0 aliphatic rings. The Balaban J connectivity index is 3.98. The van der Waals surface area contributed by atoms with Crippen molar-refractivity contribution in [3.63, 3.8) is 0 Å². The van der Waals surface area contributed by atoms with Crippen molar-refractivity contribution in [2.24, 2.45) is 11.8 Å². The van der Waals surface area contributed by atoms with Gasteiger partial charge >= 0.3 is 0 Å². The van der Waals surface area contributed by atoms with Gasteiger partial charge in [-0.15, -0.1) is 0 Å². The van der Waals surface area contributed by atoms with Crippen LogP contribution in [0, 0.1) is 45.8 Å². The molecule has 0 aliphatic heterocycles. The normalized spacial score (nSPS) is 13.4. The molecule has 0 bridgehead atoms. The monoisotopic (exact) mass is 175 g/mol. The summed E-state index contributed by atoms with van der Waals surface area (Å²) in [6.45, 7) is 1.91. The zero-order chi connectivity index (χ0) is 10.1. The summed E-state index contributed by atoms with van der Waals surface area (Å²) in [6, 6.07) is 6.29. The fraction of sp³-hybridized carbons (Fsp3) is 0.700. The van der Waals surface area contributed by atoms with Crippen molar-refractivity contribution in [1.82, 2.24) is 0 Å². The number of rotatable bonds is 5. The van der Waals surface area contributed by atoms with Crippen molar-refractivity contribution in [2.45, 2.75) is 32.6 Å². The lowest BCUT2D eigenvalue weighted by Gasteiger charge is -2.11. The molecular weight excluding hydrogens is 162 g/mol. The fourth-order valence-electron chi connectivity index (χ4n) is 1.22. The predicted molar refractivity (Wildman–Crippen MR) is 48.0 cm³/mol. The predicted octanol–water partition coefficient (Wildman–Crippen LogP) is 2.37. The standard InChI is InChI=1S/C10H13N3/c1-2-9(7-12)10(8-13)5-3-4-6-11/h9-10H,2-5H2,1H3. The quantitative estimate of drug-likeness (QED) is 0.602. The van der Waals surface area contributed by atoms with Gasteiger partial charge < -0.3 is 0 Å². The van der Waals surface area contributed by atoms with Crippen LogP contribution in [0.2, 0.25) is 0 Å². The van der Waals surface area contributed by atoms with Crippen LogP contribution in [0.4, 0.5) is 0 Å². The van der Waals surface area contributed by atoms with Gasteiger partial charge in [0.05, 0.1) is 30.0 Å². The maximum absolute atomic E-state index is 8.77. The van der Waals surface area contributed by atoms with E-state index in [2.05, 4.69) is 12.1 Å². The van der Waals surface area contributed by atoms with Crippen molar-refractivity contribution in [3.05, 3.63) is 0 Å². The first kappa shape index (κ1) is 11.5. The SMILES string of the molecule is CCC(C#N)C(C#N)CCCC#N. The Kier molecular flexibility index (Phi) is 6.30. The second-order valence-corrected chi connectivity index (χ2v) is 2.93. The van der Waals surface area contributed by atoms with Gasteiger partial charge in [0, 0.05) is 6.42 Å².